The highest BCUT2D eigenvalue weighted by Crippen LogP contribution is 2.29. The van der Waals surface area contributed by atoms with Crippen LogP contribution in [0.25, 0.3) is 10.2 Å². The van der Waals surface area contributed by atoms with E-state index in [0.717, 1.165) is 48.3 Å². The Morgan fingerprint density at radius 3 is 2.83 bits per heavy atom. The number of carbonyl (C=O) groups is 1. The molecule has 2 heterocycles. The number of nitrogens with one attached hydrogen (secondary N) is 1. The van der Waals surface area contributed by atoms with Gasteiger partial charge in [-0.3, -0.25) is 4.79 Å². The molecule has 1 aromatic carbocycles. The van der Waals surface area contributed by atoms with Crippen LogP contribution in [-0.2, 0) is 4.79 Å². The van der Waals surface area contributed by atoms with Crippen LogP contribution in [0.5, 0.6) is 0 Å². The molecule has 7 heteroatoms. The Morgan fingerprint density at radius 2 is 2.12 bits per heavy atom. The lowest BCUT2D eigenvalue weighted by molar-refractivity contribution is -0.129. The number of likely N-dealkylation sites (tertiary alicyclic amines) is 1. The van der Waals surface area contributed by atoms with Crippen molar-refractivity contribution in [2.75, 3.05) is 32.4 Å². The molecule has 1 amide bonds. The zero-order valence-electron chi connectivity index (χ0n) is 13.9. The molecule has 1 saturated heterocycles. The topological polar surface area (TPSA) is 45.2 Å². The third kappa shape index (κ3) is 5.09. The number of rotatable bonds is 6. The number of aromatic nitrogens is 1. The van der Waals surface area contributed by atoms with E-state index >= 15 is 0 Å². The lowest BCUT2D eigenvalue weighted by Gasteiger charge is -2.32. The maximum Gasteiger partial charge on any atom is 0.233 e. The van der Waals surface area contributed by atoms with Gasteiger partial charge in [0.2, 0.25) is 5.91 Å². The molecule has 132 valence electrons. The van der Waals surface area contributed by atoms with Gasteiger partial charge in [-0.15, -0.1) is 23.7 Å². The highest BCUT2D eigenvalue weighted by atomic mass is 35.5. The average Bonchev–Trinajstić information content (AvgIpc) is 3.01. The van der Waals surface area contributed by atoms with Crippen LogP contribution in [0.2, 0.25) is 0 Å². The standard InChI is InChI=1S/C17H23N3OS2.ClH/c1-18-9-6-13-7-10-20(11-8-13)16(21)12-22-17-19-14-4-2-3-5-15(14)23-17;/h2-5,13,18H,6-12H2,1H3;1H. The molecule has 2 aromatic rings. The second kappa shape index (κ2) is 9.61. The van der Waals surface area contributed by atoms with Gasteiger partial charge < -0.3 is 10.2 Å². The minimum Gasteiger partial charge on any atom is -0.342 e. The van der Waals surface area contributed by atoms with E-state index in [2.05, 4.69) is 16.4 Å². The molecule has 1 N–H and O–H groups in total. The van der Waals surface area contributed by atoms with E-state index in [9.17, 15) is 4.79 Å². The van der Waals surface area contributed by atoms with E-state index in [1.807, 2.05) is 30.1 Å². The zero-order valence-corrected chi connectivity index (χ0v) is 16.3. The Morgan fingerprint density at radius 1 is 1.38 bits per heavy atom. The fourth-order valence-corrected chi connectivity index (χ4v) is 4.92. The summed E-state index contributed by atoms with van der Waals surface area (Å²) in [5, 5.41) is 3.21. The van der Waals surface area contributed by atoms with Crippen molar-refractivity contribution in [3.63, 3.8) is 0 Å². The first-order valence-corrected chi connectivity index (χ1v) is 9.97. The fourth-order valence-electron chi connectivity index (χ4n) is 2.95. The molecular formula is C17H24ClN3OS2. The first-order chi connectivity index (χ1) is 11.3. The average molecular weight is 386 g/mol. The zero-order chi connectivity index (χ0) is 16.1. The largest absolute Gasteiger partial charge is 0.342 e. The van der Waals surface area contributed by atoms with E-state index in [-0.39, 0.29) is 18.3 Å². The van der Waals surface area contributed by atoms with Gasteiger partial charge in [-0.1, -0.05) is 23.9 Å². The predicted molar refractivity (Wildman–Crippen MR) is 105 cm³/mol. The smallest absolute Gasteiger partial charge is 0.233 e. The second-order valence-corrected chi connectivity index (χ2v) is 8.21. The highest BCUT2D eigenvalue weighted by molar-refractivity contribution is 8.01. The van der Waals surface area contributed by atoms with Gasteiger partial charge in [-0.25, -0.2) is 4.98 Å². The number of thiazole rings is 1. The van der Waals surface area contributed by atoms with Crippen LogP contribution in [0, 0.1) is 5.92 Å². The molecule has 1 aromatic heterocycles. The quantitative estimate of drug-likeness (QED) is 0.771. The lowest BCUT2D eigenvalue weighted by atomic mass is 9.93. The van der Waals surface area contributed by atoms with Crippen molar-refractivity contribution in [1.82, 2.24) is 15.2 Å². The Balaban J connectivity index is 0.00000208. The maximum atomic E-state index is 12.4. The van der Waals surface area contributed by atoms with Crippen molar-refractivity contribution in [2.24, 2.45) is 5.92 Å². The monoisotopic (exact) mass is 385 g/mol. The van der Waals surface area contributed by atoms with Crippen molar-refractivity contribution in [1.29, 1.82) is 0 Å². The Bertz CT molecular complexity index is 623. The van der Waals surface area contributed by atoms with Crippen LogP contribution < -0.4 is 5.32 Å². The van der Waals surface area contributed by atoms with Crippen molar-refractivity contribution in [3.05, 3.63) is 24.3 Å². The molecule has 0 spiro atoms. The molecule has 1 aliphatic rings. The first kappa shape index (κ1) is 19.5. The van der Waals surface area contributed by atoms with Crippen LogP contribution in [-0.4, -0.2) is 48.2 Å². The summed E-state index contributed by atoms with van der Waals surface area (Å²) in [6.45, 7) is 2.90. The number of benzene rings is 1. The number of carbonyl (C=O) groups excluding carboxylic acids is 1. The van der Waals surface area contributed by atoms with Gasteiger partial charge in [-0.2, -0.15) is 0 Å². The van der Waals surface area contributed by atoms with Gasteiger partial charge in [0.05, 0.1) is 16.0 Å². The number of piperidine rings is 1. The highest BCUT2D eigenvalue weighted by Gasteiger charge is 2.22. The molecular weight excluding hydrogens is 362 g/mol. The molecule has 0 aliphatic carbocycles. The predicted octanol–water partition coefficient (Wildman–Crippen LogP) is 3.66. The van der Waals surface area contributed by atoms with Gasteiger partial charge in [0.15, 0.2) is 4.34 Å². The van der Waals surface area contributed by atoms with Crippen LogP contribution >= 0.6 is 35.5 Å². The van der Waals surface area contributed by atoms with E-state index < -0.39 is 0 Å². The van der Waals surface area contributed by atoms with Crippen molar-refractivity contribution < 1.29 is 4.79 Å². The molecule has 3 rings (SSSR count). The molecule has 4 nitrogen and oxygen atoms in total. The molecule has 0 unspecified atom stereocenters. The van der Waals surface area contributed by atoms with E-state index in [4.69, 9.17) is 0 Å². The third-order valence-corrected chi connectivity index (χ3v) is 6.53. The SMILES string of the molecule is CNCCC1CCN(C(=O)CSc2nc3ccccc3s2)CC1.Cl. The van der Waals surface area contributed by atoms with E-state index in [1.165, 1.54) is 11.1 Å². The molecule has 0 saturated carbocycles. The first-order valence-electron chi connectivity index (χ1n) is 8.17. The number of para-hydroxylation sites is 1. The number of hydrogen-bond acceptors (Lipinski definition) is 5. The summed E-state index contributed by atoms with van der Waals surface area (Å²) in [7, 11) is 2.00. The second-order valence-electron chi connectivity index (χ2n) is 5.95. The summed E-state index contributed by atoms with van der Waals surface area (Å²) in [5.74, 6) is 1.52. The number of thioether (sulfide) groups is 1. The summed E-state index contributed by atoms with van der Waals surface area (Å²) >= 11 is 3.24. The van der Waals surface area contributed by atoms with Crippen molar-refractivity contribution in [2.45, 2.75) is 23.6 Å². The van der Waals surface area contributed by atoms with Gasteiger partial charge in [-0.05, 0) is 50.9 Å². The Hall–Kier alpha value is -0.820. The molecule has 24 heavy (non-hydrogen) atoms. The van der Waals surface area contributed by atoms with Gasteiger partial charge in [0, 0.05) is 13.1 Å². The van der Waals surface area contributed by atoms with Crippen LogP contribution in [0.15, 0.2) is 28.6 Å². The molecule has 1 aliphatic heterocycles. The minimum absolute atomic E-state index is 0. The molecule has 0 radical (unpaired) electrons. The van der Waals surface area contributed by atoms with Crippen LogP contribution in [0.1, 0.15) is 19.3 Å². The van der Waals surface area contributed by atoms with E-state index in [0.29, 0.717) is 5.75 Å². The van der Waals surface area contributed by atoms with Gasteiger partial charge >= 0.3 is 0 Å². The number of amides is 1. The minimum atomic E-state index is 0. The normalized spacial score (nSPS) is 15.5. The Kier molecular flexibility index (Phi) is 7.81. The van der Waals surface area contributed by atoms with Gasteiger partial charge in [0.25, 0.3) is 0 Å². The summed E-state index contributed by atoms with van der Waals surface area (Å²) in [5.41, 5.74) is 1.03. The molecule has 1 fully saturated rings. The molecule has 0 bridgehead atoms. The van der Waals surface area contributed by atoms with Crippen molar-refractivity contribution >= 4 is 51.6 Å². The molecule has 0 atom stereocenters. The number of halogens is 1. The third-order valence-electron chi connectivity index (χ3n) is 4.36. The lowest BCUT2D eigenvalue weighted by Crippen LogP contribution is -2.39. The number of hydrogen-bond donors (Lipinski definition) is 1. The Labute approximate surface area is 157 Å². The maximum absolute atomic E-state index is 12.4. The van der Waals surface area contributed by atoms with Crippen molar-refractivity contribution in [3.8, 4) is 0 Å². The summed E-state index contributed by atoms with van der Waals surface area (Å²) in [6, 6.07) is 8.13. The number of nitrogens with zero attached hydrogens (tertiary/aromatic N) is 2. The van der Waals surface area contributed by atoms with Crippen LogP contribution in [0.4, 0.5) is 0 Å². The number of fused-ring (bicyclic) bond motifs is 1. The summed E-state index contributed by atoms with van der Waals surface area (Å²) < 4.78 is 2.18. The fraction of sp³-hybridized carbons (Fsp3) is 0.529. The summed E-state index contributed by atoms with van der Waals surface area (Å²) in [6.07, 6.45) is 3.50. The van der Waals surface area contributed by atoms with Crippen LogP contribution in [0.3, 0.4) is 0 Å². The van der Waals surface area contributed by atoms with Gasteiger partial charge in [0.1, 0.15) is 0 Å². The van der Waals surface area contributed by atoms with E-state index in [1.54, 1.807) is 23.1 Å². The summed E-state index contributed by atoms with van der Waals surface area (Å²) in [4.78, 5) is 19.0.